The predicted molar refractivity (Wildman–Crippen MR) is 141 cm³/mol. The molecule has 186 valence electrons. The minimum absolute atomic E-state index is 0.0139. The average molecular weight is 807 g/mol. The van der Waals surface area contributed by atoms with E-state index < -0.39 is 62.8 Å². The van der Waals surface area contributed by atoms with Crippen LogP contribution in [-0.2, 0) is 9.63 Å². The summed E-state index contributed by atoms with van der Waals surface area (Å²) < 4.78 is 0.532. The van der Waals surface area contributed by atoms with Gasteiger partial charge in [-0.3, -0.25) is 19.2 Å². The van der Waals surface area contributed by atoms with Crippen molar-refractivity contribution in [2.45, 2.75) is 19.1 Å². The summed E-state index contributed by atoms with van der Waals surface area (Å²) in [6, 6.07) is 0. The lowest BCUT2D eigenvalue weighted by Crippen LogP contribution is -2.45. The van der Waals surface area contributed by atoms with Gasteiger partial charge in [0.25, 0.3) is 17.7 Å². The molecule has 0 saturated carbocycles. The van der Waals surface area contributed by atoms with E-state index in [4.69, 9.17) is 10.6 Å². The highest BCUT2D eigenvalue weighted by Gasteiger charge is 2.34. The summed E-state index contributed by atoms with van der Waals surface area (Å²) in [6.45, 7) is -1.41. The van der Waals surface area contributed by atoms with Crippen LogP contribution in [0.25, 0.3) is 0 Å². The third kappa shape index (κ3) is 7.53. The Morgan fingerprint density at radius 1 is 0.939 bits per heavy atom. The number of nitrogens with two attached hydrogens (primary N) is 1. The largest absolute Gasteiger partial charge is 0.394 e. The molecule has 0 aromatic heterocycles. The fourth-order valence-electron chi connectivity index (χ4n) is 2.71. The third-order valence-electron chi connectivity index (χ3n) is 4.15. The lowest BCUT2D eigenvalue weighted by atomic mass is 10.1. The number of rotatable bonds is 12. The Hall–Kier alpha value is -0.420. The molecule has 1 aromatic rings. The third-order valence-corrected chi connectivity index (χ3v) is 7.33. The second kappa shape index (κ2) is 14.2. The molecule has 0 aliphatic heterocycles. The van der Waals surface area contributed by atoms with E-state index in [1.165, 1.54) is 0 Å². The Morgan fingerprint density at radius 2 is 1.42 bits per heavy atom. The van der Waals surface area contributed by atoms with Gasteiger partial charge in [-0.15, -0.1) is 0 Å². The summed E-state index contributed by atoms with van der Waals surface area (Å²) in [4.78, 5) is 44.5. The summed E-state index contributed by atoms with van der Waals surface area (Å²) in [7, 11) is 0. The molecule has 12 nitrogen and oxygen atoms in total. The molecule has 0 fully saturated rings. The Balaban J connectivity index is 3.86. The highest BCUT2D eigenvalue weighted by molar-refractivity contribution is 14.1. The highest BCUT2D eigenvalue weighted by atomic mass is 127. The number of amides is 3. The van der Waals surface area contributed by atoms with E-state index in [0.29, 0.717) is 0 Å². The minimum Gasteiger partial charge on any atom is -0.394 e. The molecular formula is C18H24I3N3O9. The molecule has 2 unspecified atom stereocenters. The molecule has 1 rings (SSSR count). The maximum absolute atomic E-state index is 13.5. The monoisotopic (exact) mass is 807 g/mol. The Bertz CT molecular complexity index is 876. The van der Waals surface area contributed by atoms with E-state index in [1.807, 2.05) is 0 Å². The van der Waals surface area contributed by atoms with Crippen molar-refractivity contribution in [1.29, 1.82) is 0 Å². The number of hydrogen-bond donors (Lipinski definition) is 6. The lowest BCUT2D eigenvalue weighted by Gasteiger charge is -2.30. The van der Waals surface area contributed by atoms with Crippen LogP contribution < -0.4 is 10.8 Å². The van der Waals surface area contributed by atoms with Crippen molar-refractivity contribution in [3.8, 4) is 0 Å². The van der Waals surface area contributed by atoms with Crippen molar-refractivity contribution in [3.63, 3.8) is 0 Å². The number of nitrogens with zero attached hydrogens (tertiary/aromatic N) is 2. The van der Waals surface area contributed by atoms with Gasteiger partial charge in [0.1, 0.15) is 12.3 Å². The Kier molecular flexibility index (Phi) is 13.2. The van der Waals surface area contributed by atoms with E-state index in [9.17, 15) is 39.9 Å². The van der Waals surface area contributed by atoms with Crippen molar-refractivity contribution in [3.05, 3.63) is 21.8 Å². The van der Waals surface area contributed by atoms with Crippen LogP contribution in [0.1, 0.15) is 27.6 Å². The van der Waals surface area contributed by atoms with Gasteiger partial charge in [-0.05, 0) is 74.7 Å². The first kappa shape index (κ1) is 30.6. The number of hydroxylamine groups is 1. The summed E-state index contributed by atoms with van der Waals surface area (Å²) in [5.41, 5.74) is 5.41. The molecule has 7 N–H and O–H groups in total. The van der Waals surface area contributed by atoms with E-state index in [-0.39, 0.29) is 34.1 Å². The fraction of sp³-hybridized carbons (Fsp3) is 0.500. The maximum atomic E-state index is 13.5. The number of halogens is 3. The second-order valence-corrected chi connectivity index (χ2v) is 9.79. The first-order valence-electron chi connectivity index (χ1n) is 9.40. The van der Waals surface area contributed by atoms with Crippen molar-refractivity contribution < 1.29 is 44.8 Å². The fourth-order valence-corrected chi connectivity index (χ4v) is 7.31. The molecule has 2 atom stereocenters. The molecule has 0 heterocycles. The zero-order valence-corrected chi connectivity index (χ0v) is 23.8. The first-order valence-corrected chi connectivity index (χ1v) is 12.6. The molecule has 0 aliphatic rings. The molecule has 15 heteroatoms. The van der Waals surface area contributed by atoms with Gasteiger partial charge in [-0.1, -0.05) is 0 Å². The number of aliphatic hydroxyl groups excluding tert-OH is 5. The standard InChI is InChI=1S/C18H24I3N3O9/c1-2-33-24(10(30)7-27)16-14(20)11(17(22)31)13(19)12(15(16)21)18(32)23(3-8(28)5-25)4-9(29)6-26/h8-9,25-29H,2-7H2,1H3,(H2,22,31). The van der Waals surface area contributed by atoms with Gasteiger partial charge in [-0.2, -0.15) is 5.06 Å². The van der Waals surface area contributed by atoms with Gasteiger partial charge < -0.3 is 36.2 Å². The van der Waals surface area contributed by atoms with Crippen molar-refractivity contribution in [2.75, 3.05) is 44.6 Å². The molecule has 33 heavy (non-hydrogen) atoms. The van der Waals surface area contributed by atoms with Crippen LogP contribution in [0.2, 0.25) is 0 Å². The summed E-state index contributed by atoms with van der Waals surface area (Å²) in [5.74, 6) is -2.51. The minimum atomic E-state index is -1.34. The number of carbonyl (C=O) groups is 3. The van der Waals surface area contributed by atoms with Crippen molar-refractivity contribution >= 4 is 91.2 Å². The zero-order valence-electron chi connectivity index (χ0n) is 17.4. The van der Waals surface area contributed by atoms with E-state index >= 15 is 0 Å². The average Bonchev–Trinajstić information content (AvgIpc) is 2.76. The summed E-state index contributed by atoms with van der Waals surface area (Å²) in [6.07, 6.45) is -2.69. The number of primary amides is 1. The topological polar surface area (TPSA) is 194 Å². The van der Waals surface area contributed by atoms with Crippen LogP contribution in [0.5, 0.6) is 0 Å². The smallest absolute Gasteiger partial charge is 0.276 e. The van der Waals surface area contributed by atoms with E-state index in [0.717, 1.165) is 9.96 Å². The quantitative estimate of drug-likeness (QED) is 0.114. The zero-order chi connectivity index (χ0) is 25.5. The highest BCUT2D eigenvalue weighted by Crippen LogP contribution is 2.38. The van der Waals surface area contributed by atoms with Crippen LogP contribution in [-0.4, -0.2) is 99.9 Å². The molecular weight excluding hydrogens is 783 g/mol. The van der Waals surface area contributed by atoms with E-state index in [2.05, 4.69) is 0 Å². The van der Waals surface area contributed by atoms with Gasteiger partial charge in [0.05, 0.1) is 50.3 Å². The van der Waals surface area contributed by atoms with Gasteiger partial charge >= 0.3 is 0 Å². The van der Waals surface area contributed by atoms with Crippen LogP contribution in [0.4, 0.5) is 5.69 Å². The molecule has 0 radical (unpaired) electrons. The van der Waals surface area contributed by atoms with Crippen LogP contribution in [0, 0.1) is 10.7 Å². The van der Waals surface area contributed by atoms with Crippen molar-refractivity contribution in [2.24, 2.45) is 5.73 Å². The van der Waals surface area contributed by atoms with Crippen LogP contribution in [0.15, 0.2) is 0 Å². The van der Waals surface area contributed by atoms with Crippen molar-refractivity contribution in [1.82, 2.24) is 4.90 Å². The summed E-state index contributed by atoms with van der Waals surface area (Å²) >= 11 is 5.32. The summed E-state index contributed by atoms with van der Waals surface area (Å²) in [5, 5.41) is 48.3. The van der Waals surface area contributed by atoms with E-state index in [1.54, 1.807) is 74.7 Å². The Labute approximate surface area is 230 Å². The van der Waals surface area contributed by atoms with Crippen LogP contribution >= 0.6 is 67.8 Å². The molecule has 0 bridgehead atoms. The first-order chi connectivity index (χ1) is 15.5. The molecule has 3 amide bonds. The lowest BCUT2D eigenvalue weighted by molar-refractivity contribution is -0.128. The number of benzene rings is 1. The van der Waals surface area contributed by atoms with Crippen LogP contribution in [0.3, 0.4) is 0 Å². The van der Waals surface area contributed by atoms with Gasteiger partial charge in [0, 0.05) is 16.7 Å². The maximum Gasteiger partial charge on any atom is 0.276 e. The number of anilines is 1. The predicted octanol–water partition coefficient (Wildman–Crippen LogP) is -0.975. The molecule has 0 saturated heterocycles. The number of hydrogen-bond acceptors (Lipinski definition) is 9. The SMILES string of the molecule is CCON(C(=O)CO)c1c(I)c(C(N)=O)c(I)c(C(=O)N(CC(O)CO)CC(O)CO)c1I. The van der Waals surface area contributed by atoms with Gasteiger partial charge in [0.2, 0.25) is 0 Å². The Morgan fingerprint density at radius 3 is 1.82 bits per heavy atom. The number of aliphatic hydroxyl groups is 5. The molecule has 0 spiro atoms. The normalized spacial score (nSPS) is 12.9. The van der Waals surface area contributed by atoms with Gasteiger partial charge in [-0.25, -0.2) is 0 Å². The van der Waals surface area contributed by atoms with Gasteiger partial charge in [0.15, 0.2) is 0 Å². The number of carbonyl (C=O) groups excluding carboxylic acids is 3. The second-order valence-electron chi connectivity index (χ2n) is 6.55. The molecule has 1 aromatic carbocycles. The molecule has 0 aliphatic carbocycles.